The molecule has 0 aliphatic carbocycles. The van der Waals surface area contributed by atoms with Crippen LogP contribution in [0.5, 0.6) is 0 Å². The topological polar surface area (TPSA) is 45.2 Å². The Balaban J connectivity index is 2.76. The summed E-state index contributed by atoms with van der Waals surface area (Å²) >= 11 is 1.45. The zero-order valence-electron chi connectivity index (χ0n) is 7.07. The van der Waals surface area contributed by atoms with E-state index in [4.69, 9.17) is 0 Å². The SMILES string of the molecule is CCN(C(=O)NC)c1nccs1. The highest BCUT2D eigenvalue weighted by Crippen LogP contribution is 2.16. The van der Waals surface area contributed by atoms with Gasteiger partial charge < -0.3 is 5.32 Å². The molecule has 0 saturated carbocycles. The van der Waals surface area contributed by atoms with E-state index >= 15 is 0 Å². The van der Waals surface area contributed by atoms with Gasteiger partial charge in [0.1, 0.15) is 0 Å². The summed E-state index contributed by atoms with van der Waals surface area (Å²) in [5.41, 5.74) is 0. The normalized spacial score (nSPS) is 9.50. The maximum absolute atomic E-state index is 11.2. The molecule has 0 aliphatic heterocycles. The summed E-state index contributed by atoms with van der Waals surface area (Å²) in [7, 11) is 1.61. The molecule has 2 amide bonds. The van der Waals surface area contributed by atoms with Gasteiger partial charge in [-0.1, -0.05) is 0 Å². The molecule has 5 heteroatoms. The van der Waals surface area contributed by atoms with E-state index < -0.39 is 0 Å². The van der Waals surface area contributed by atoms with Gasteiger partial charge in [-0.2, -0.15) is 0 Å². The Hall–Kier alpha value is -1.10. The molecule has 0 aliphatic rings. The van der Waals surface area contributed by atoms with Gasteiger partial charge in [-0.3, -0.25) is 4.90 Å². The zero-order valence-corrected chi connectivity index (χ0v) is 7.89. The molecule has 0 atom stereocenters. The monoisotopic (exact) mass is 185 g/mol. The number of nitrogens with zero attached hydrogens (tertiary/aromatic N) is 2. The Morgan fingerprint density at radius 3 is 3.00 bits per heavy atom. The number of hydrogen-bond donors (Lipinski definition) is 1. The Bertz CT molecular complexity index is 247. The molecule has 0 bridgehead atoms. The molecular formula is C7H11N3OS. The van der Waals surface area contributed by atoms with Gasteiger partial charge in [0, 0.05) is 25.2 Å². The van der Waals surface area contributed by atoms with E-state index in [1.54, 1.807) is 18.1 Å². The standard InChI is InChI=1S/C7H11N3OS/c1-3-10(6(11)8-2)7-9-4-5-12-7/h4-5H,3H2,1-2H3,(H,8,11). The van der Waals surface area contributed by atoms with Crippen LogP contribution in [0.25, 0.3) is 0 Å². The van der Waals surface area contributed by atoms with Gasteiger partial charge in [-0.25, -0.2) is 9.78 Å². The van der Waals surface area contributed by atoms with Crippen LogP contribution < -0.4 is 10.2 Å². The maximum Gasteiger partial charge on any atom is 0.323 e. The molecular weight excluding hydrogens is 174 g/mol. The Morgan fingerprint density at radius 1 is 1.83 bits per heavy atom. The van der Waals surface area contributed by atoms with Crippen molar-refractivity contribution in [1.82, 2.24) is 10.3 Å². The number of amides is 2. The second kappa shape index (κ2) is 4.06. The molecule has 1 N–H and O–H groups in total. The van der Waals surface area contributed by atoms with E-state index in [9.17, 15) is 4.79 Å². The fourth-order valence-electron chi connectivity index (χ4n) is 0.850. The van der Waals surface area contributed by atoms with Crippen LogP contribution in [-0.4, -0.2) is 24.6 Å². The molecule has 1 aromatic rings. The minimum atomic E-state index is -0.118. The van der Waals surface area contributed by atoms with Crippen LogP contribution in [0.1, 0.15) is 6.92 Å². The number of thiazole rings is 1. The molecule has 1 aromatic heterocycles. The van der Waals surface area contributed by atoms with Crippen molar-refractivity contribution in [2.75, 3.05) is 18.5 Å². The number of urea groups is 1. The van der Waals surface area contributed by atoms with Gasteiger partial charge in [0.15, 0.2) is 5.13 Å². The molecule has 0 spiro atoms. The summed E-state index contributed by atoms with van der Waals surface area (Å²) < 4.78 is 0. The van der Waals surface area contributed by atoms with Crippen molar-refractivity contribution in [1.29, 1.82) is 0 Å². The van der Waals surface area contributed by atoms with Crippen LogP contribution in [0.2, 0.25) is 0 Å². The number of rotatable bonds is 2. The number of aromatic nitrogens is 1. The first kappa shape index (κ1) is 8.99. The molecule has 0 aromatic carbocycles. The first-order valence-corrected chi connectivity index (χ1v) is 4.56. The maximum atomic E-state index is 11.2. The summed E-state index contributed by atoms with van der Waals surface area (Å²) in [6.07, 6.45) is 1.69. The number of anilines is 1. The largest absolute Gasteiger partial charge is 0.341 e. The number of carbonyl (C=O) groups excluding carboxylic acids is 1. The molecule has 0 unspecified atom stereocenters. The second-order valence-corrected chi connectivity index (χ2v) is 2.99. The van der Waals surface area contributed by atoms with Crippen LogP contribution in [0.4, 0.5) is 9.93 Å². The van der Waals surface area contributed by atoms with Crippen LogP contribution in [-0.2, 0) is 0 Å². The van der Waals surface area contributed by atoms with Gasteiger partial charge in [0.05, 0.1) is 0 Å². The van der Waals surface area contributed by atoms with Gasteiger partial charge in [-0.05, 0) is 6.92 Å². The number of nitrogens with one attached hydrogen (secondary N) is 1. The van der Waals surface area contributed by atoms with Crippen molar-refractivity contribution in [2.45, 2.75) is 6.92 Å². The third-order valence-corrected chi connectivity index (χ3v) is 2.22. The van der Waals surface area contributed by atoms with E-state index in [1.807, 2.05) is 12.3 Å². The number of carbonyl (C=O) groups is 1. The second-order valence-electron chi connectivity index (χ2n) is 2.11. The van der Waals surface area contributed by atoms with Gasteiger partial charge >= 0.3 is 6.03 Å². The average Bonchev–Trinajstić information content (AvgIpc) is 2.58. The van der Waals surface area contributed by atoms with Gasteiger partial charge in [-0.15, -0.1) is 11.3 Å². The minimum absolute atomic E-state index is 0.118. The van der Waals surface area contributed by atoms with E-state index in [0.29, 0.717) is 6.54 Å². The lowest BCUT2D eigenvalue weighted by Crippen LogP contribution is -2.37. The molecule has 12 heavy (non-hydrogen) atoms. The highest BCUT2D eigenvalue weighted by molar-refractivity contribution is 7.13. The summed E-state index contributed by atoms with van der Waals surface area (Å²) in [4.78, 5) is 16.9. The summed E-state index contributed by atoms with van der Waals surface area (Å²) in [5.74, 6) is 0. The fourth-order valence-corrected chi connectivity index (χ4v) is 1.55. The molecule has 4 nitrogen and oxygen atoms in total. The third-order valence-electron chi connectivity index (χ3n) is 1.43. The molecule has 66 valence electrons. The highest BCUT2D eigenvalue weighted by Gasteiger charge is 2.13. The van der Waals surface area contributed by atoms with Crippen LogP contribution in [0.15, 0.2) is 11.6 Å². The molecule has 1 heterocycles. The molecule has 1 rings (SSSR count). The lowest BCUT2D eigenvalue weighted by Gasteiger charge is -2.16. The van der Waals surface area contributed by atoms with Crippen molar-refractivity contribution in [3.05, 3.63) is 11.6 Å². The predicted molar refractivity (Wildman–Crippen MR) is 49.6 cm³/mol. The zero-order chi connectivity index (χ0) is 8.97. The lowest BCUT2D eigenvalue weighted by molar-refractivity contribution is 0.248. The van der Waals surface area contributed by atoms with E-state index in [2.05, 4.69) is 10.3 Å². The lowest BCUT2D eigenvalue weighted by atomic mass is 10.6. The number of hydrogen-bond acceptors (Lipinski definition) is 3. The van der Waals surface area contributed by atoms with Crippen molar-refractivity contribution in [2.24, 2.45) is 0 Å². The predicted octanol–water partition coefficient (Wildman–Crippen LogP) is 1.31. The van der Waals surface area contributed by atoms with Crippen molar-refractivity contribution >= 4 is 22.5 Å². The van der Waals surface area contributed by atoms with E-state index in [0.717, 1.165) is 5.13 Å². The Labute approximate surface area is 75.2 Å². The van der Waals surface area contributed by atoms with Crippen molar-refractivity contribution < 1.29 is 4.79 Å². The summed E-state index contributed by atoms with van der Waals surface area (Å²) in [6, 6.07) is -0.118. The molecule has 0 radical (unpaired) electrons. The van der Waals surface area contributed by atoms with Crippen LogP contribution in [0, 0.1) is 0 Å². The molecule has 0 saturated heterocycles. The van der Waals surface area contributed by atoms with Crippen molar-refractivity contribution in [3.63, 3.8) is 0 Å². The van der Waals surface area contributed by atoms with Gasteiger partial charge in [0.25, 0.3) is 0 Å². The smallest absolute Gasteiger partial charge is 0.323 e. The highest BCUT2D eigenvalue weighted by atomic mass is 32.1. The average molecular weight is 185 g/mol. The fraction of sp³-hybridized carbons (Fsp3) is 0.429. The van der Waals surface area contributed by atoms with Crippen LogP contribution in [0.3, 0.4) is 0 Å². The Kier molecular flexibility index (Phi) is 3.04. The van der Waals surface area contributed by atoms with E-state index in [1.165, 1.54) is 11.3 Å². The van der Waals surface area contributed by atoms with Crippen LogP contribution >= 0.6 is 11.3 Å². The van der Waals surface area contributed by atoms with Gasteiger partial charge in [0.2, 0.25) is 0 Å². The third kappa shape index (κ3) is 1.73. The van der Waals surface area contributed by atoms with Crippen molar-refractivity contribution in [3.8, 4) is 0 Å². The van der Waals surface area contributed by atoms with E-state index in [-0.39, 0.29) is 6.03 Å². The first-order chi connectivity index (χ1) is 5.79. The minimum Gasteiger partial charge on any atom is -0.341 e. The summed E-state index contributed by atoms with van der Waals surface area (Å²) in [6.45, 7) is 2.55. The molecule has 0 fully saturated rings. The Morgan fingerprint density at radius 2 is 2.58 bits per heavy atom. The first-order valence-electron chi connectivity index (χ1n) is 3.68. The summed E-state index contributed by atoms with van der Waals surface area (Å²) in [5, 5.41) is 5.14. The quantitative estimate of drug-likeness (QED) is 0.755.